The van der Waals surface area contributed by atoms with Gasteiger partial charge in [0, 0.05) is 12.1 Å². The number of amides is 1. The zero-order valence-corrected chi connectivity index (χ0v) is 11.1. The van der Waals surface area contributed by atoms with Crippen molar-refractivity contribution in [2.75, 3.05) is 5.32 Å². The monoisotopic (exact) mass is 271 g/mol. The summed E-state index contributed by atoms with van der Waals surface area (Å²) in [7, 11) is 0. The van der Waals surface area contributed by atoms with E-state index in [1.54, 1.807) is 0 Å². The van der Waals surface area contributed by atoms with Gasteiger partial charge in [-0.15, -0.1) is 0 Å². The summed E-state index contributed by atoms with van der Waals surface area (Å²) in [5.41, 5.74) is -0.444. The van der Waals surface area contributed by atoms with Gasteiger partial charge in [-0.25, -0.2) is 0 Å². The van der Waals surface area contributed by atoms with Gasteiger partial charge >= 0.3 is 5.97 Å². The number of anilines is 1. The Morgan fingerprint density at radius 1 is 1.25 bits per heavy atom. The molecule has 0 saturated carbocycles. The third-order valence-electron chi connectivity index (χ3n) is 2.73. The molecule has 0 bridgehead atoms. The second-order valence-corrected chi connectivity index (χ2v) is 4.90. The number of hydrogen-bond donors (Lipinski definition) is 2. The second kappa shape index (κ2) is 5.85. The molecular formula is C14H13N3O3. The number of hydrogen-bond acceptors (Lipinski definition) is 4. The minimum Gasteiger partial charge on any atom is -0.481 e. The highest BCUT2D eigenvalue weighted by Crippen LogP contribution is 2.22. The lowest BCUT2D eigenvalue weighted by Crippen LogP contribution is -2.29. The number of carboxylic acids is 1. The molecular weight excluding hydrogens is 258 g/mol. The van der Waals surface area contributed by atoms with Gasteiger partial charge in [0.05, 0.1) is 16.5 Å². The number of benzene rings is 1. The molecule has 0 aromatic heterocycles. The standard InChI is InChI=1S/C14H13N3O3/c1-14(2,13(19)20)6-12(18)17-11-4-3-9(7-15)10(5-11)8-16/h3-5H,6H2,1-2H3,(H,17,18)(H,19,20). The van der Waals surface area contributed by atoms with E-state index >= 15 is 0 Å². The summed E-state index contributed by atoms with van der Waals surface area (Å²) in [5.74, 6) is -1.53. The Morgan fingerprint density at radius 3 is 2.35 bits per heavy atom. The van der Waals surface area contributed by atoms with Crippen LogP contribution in [0.25, 0.3) is 0 Å². The summed E-state index contributed by atoms with van der Waals surface area (Å²) in [5, 5.41) is 29.1. The Hall–Kier alpha value is -2.86. The predicted octanol–water partition coefficient (Wildman–Crippen LogP) is 1.87. The van der Waals surface area contributed by atoms with Gasteiger partial charge < -0.3 is 10.4 Å². The first-order valence-corrected chi connectivity index (χ1v) is 5.77. The summed E-state index contributed by atoms with van der Waals surface area (Å²) in [4.78, 5) is 22.7. The van der Waals surface area contributed by atoms with Crippen molar-refractivity contribution in [1.29, 1.82) is 10.5 Å². The van der Waals surface area contributed by atoms with Gasteiger partial charge in [-0.05, 0) is 32.0 Å². The van der Waals surface area contributed by atoms with Gasteiger partial charge in [0.2, 0.25) is 5.91 Å². The molecule has 20 heavy (non-hydrogen) atoms. The molecule has 102 valence electrons. The van der Waals surface area contributed by atoms with Crippen LogP contribution in [0.3, 0.4) is 0 Å². The van der Waals surface area contributed by atoms with Crippen molar-refractivity contribution in [3.05, 3.63) is 29.3 Å². The molecule has 0 heterocycles. The largest absolute Gasteiger partial charge is 0.481 e. The molecule has 0 atom stereocenters. The maximum Gasteiger partial charge on any atom is 0.309 e. The van der Waals surface area contributed by atoms with Crippen molar-refractivity contribution in [3.8, 4) is 12.1 Å². The minimum absolute atomic E-state index is 0.155. The molecule has 1 amide bonds. The number of nitriles is 2. The average Bonchev–Trinajstić information content (AvgIpc) is 2.37. The molecule has 0 aliphatic rings. The Labute approximate surface area is 116 Å². The molecule has 1 rings (SSSR count). The van der Waals surface area contributed by atoms with Crippen molar-refractivity contribution in [3.63, 3.8) is 0 Å². The van der Waals surface area contributed by atoms with E-state index in [1.807, 2.05) is 12.1 Å². The first-order chi connectivity index (χ1) is 9.30. The van der Waals surface area contributed by atoms with Crippen LogP contribution in [-0.2, 0) is 9.59 Å². The van der Waals surface area contributed by atoms with Crippen LogP contribution in [-0.4, -0.2) is 17.0 Å². The predicted molar refractivity (Wildman–Crippen MR) is 70.5 cm³/mol. The first kappa shape index (κ1) is 15.2. The molecule has 2 N–H and O–H groups in total. The highest BCUT2D eigenvalue weighted by molar-refractivity contribution is 5.94. The van der Waals surface area contributed by atoms with Crippen LogP contribution in [0.15, 0.2) is 18.2 Å². The van der Waals surface area contributed by atoms with Crippen LogP contribution < -0.4 is 5.32 Å². The molecule has 0 aliphatic carbocycles. The highest BCUT2D eigenvalue weighted by atomic mass is 16.4. The molecule has 0 aliphatic heterocycles. The van der Waals surface area contributed by atoms with Gasteiger partial charge in [0.25, 0.3) is 0 Å². The van der Waals surface area contributed by atoms with Crippen molar-refractivity contribution in [1.82, 2.24) is 0 Å². The number of rotatable bonds is 4. The van der Waals surface area contributed by atoms with E-state index in [9.17, 15) is 9.59 Å². The number of carbonyl (C=O) groups is 2. The number of carboxylic acid groups (broad SMARTS) is 1. The molecule has 0 fully saturated rings. The third-order valence-corrected chi connectivity index (χ3v) is 2.73. The third kappa shape index (κ3) is 3.56. The first-order valence-electron chi connectivity index (χ1n) is 5.77. The van der Waals surface area contributed by atoms with E-state index < -0.39 is 17.3 Å². The maximum atomic E-state index is 11.8. The smallest absolute Gasteiger partial charge is 0.309 e. The number of nitrogens with zero attached hydrogens (tertiary/aromatic N) is 2. The minimum atomic E-state index is -1.17. The fourth-order valence-corrected chi connectivity index (χ4v) is 1.49. The fraction of sp³-hybridized carbons (Fsp3) is 0.286. The molecule has 0 unspecified atom stereocenters. The summed E-state index contributed by atoms with van der Waals surface area (Å²) >= 11 is 0. The van der Waals surface area contributed by atoms with E-state index in [0.29, 0.717) is 5.69 Å². The lowest BCUT2D eigenvalue weighted by Gasteiger charge is -2.18. The number of carbonyl (C=O) groups excluding carboxylic acids is 1. The van der Waals surface area contributed by atoms with Crippen LogP contribution in [0.2, 0.25) is 0 Å². The summed E-state index contributed by atoms with van der Waals surface area (Å²) in [6.45, 7) is 2.91. The topological polar surface area (TPSA) is 114 Å². The zero-order chi connectivity index (χ0) is 15.3. The summed E-state index contributed by atoms with van der Waals surface area (Å²) < 4.78 is 0. The summed E-state index contributed by atoms with van der Waals surface area (Å²) in [6.07, 6.45) is -0.190. The van der Waals surface area contributed by atoms with Gasteiger partial charge in [0.1, 0.15) is 12.1 Å². The van der Waals surface area contributed by atoms with Crippen LogP contribution in [0, 0.1) is 28.1 Å². The molecule has 1 aromatic carbocycles. The SMILES string of the molecule is CC(C)(CC(=O)Nc1ccc(C#N)c(C#N)c1)C(=O)O. The summed E-state index contributed by atoms with van der Waals surface area (Å²) in [6, 6.07) is 8.02. The van der Waals surface area contributed by atoms with Crippen molar-refractivity contribution >= 4 is 17.6 Å². The van der Waals surface area contributed by atoms with E-state index in [-0.39, 0.29) is 17.5 Å². The Bertz CT molecular complexity index is 636. The van der Waals surface area contributed by atoms with Gasteiger partial charge in [-0.2, -0.15) is 10.5 Å². The lowest BCUT2D eigenvalue weighted by molar-refractivity contribution is -0.148. The highest BCUT2D eigenvalue weighted by Gasteiger charge is 2.30. The molecule has 6 heteroatoms. The van der Waals surface area contributed by atoms with Crippen molar-refractivity contribution < 1.29 is 14.7 Å². The number of aliphatic carboxylic acids is 1. The molecule has 0 radical (unpaired) electrons. The molecule has 0 spiro atoms. The van der Waals surface area contributed by atoms with Crippen molar-refractivity contribution in [2.24, 2.45) is 5.41 Å². The van der Waals surface area contributed by atoms with E-state index in [2.05, 4.69) is 5.32 Å². The number of nitrogens with one attached hydrogen (secondary N) is 1. The maximum absolute atomic E-state index is 11.8. The van der Waals surface area contributed by atoms with E-state index in [4.69, 9.17) is 15.6 Å². The Kier molecular flexibility index (Phi) is 4.45. The van der Waals surface area contributed by atoms with E-state index in [0.717, 1.165) is 0 Å². The van der Waals surface area contributed by atoms with Crippen molar-refractivity contribution in [2.45, 2.75) is 20.3 Å². The second-order valence-electron chi connectivity index (χ2n) is 4.90. The van der Waals surface area contributed by atoms with Crippen LogP contribution >= 0.6 is 0 Å². The molecule has 0 saturated heterocycles. The van der Waals surface area contributed by atoms with Crippen LogP contribution in [0.1, 0.15) is 31.4 Å². The zero-order valence-electron chi connectivity index (χ0n) is 11.1. The Balaban J connectivity index is 2.86. The molecule has 6 nitrogen and oxygen atoms in total. The van der Waals surface area contributed by atoms with E-state index in [1.165, 1.54) is 32.0 Å². The van der Waals surface area contributed by atoms with Crippen LogP contribution in [0.5, 0.6) is 0 Å². The fourth-order valence-electron chi connectivity index (χ4n) is 1.49. The quantitative estimate of drug-likeness (QED) is 0.867. The molecule has 1 aromatic rings. The van der Waals surface area contributed by atoms with Gasteiger partial charge in [-0.1, -0.05) is 0 Å². The Morgan fingerprint density at radius 2 is 1.85 bits per heavy atom. The van der Waals surface area contributed by atoms with Gasteiger partial charge in [0.15, 0.2) is 0 Å². The normalized spacial score (nSPS) is 10.2. The lowest BCUT2D eigenvalue weighted by atomic mass is 9.89. The average molecular weight is 271 g/mol. The van der Waals surface area contributed by atoms with Crippen LogP contribution in [0.4, 0.5) is 5.69 Å². The van der Waals surface area contributed by atoms with Gasteiger partial charge in [-0.3, -0.25) is 9.59 Å².